The van der Waals surface area contributed by atoms with Gasteiger partial charge >= 0.3 is 12.1 Å². The van der Waals surface area contributed by atoms with E-state index in [2.05, 4.69) is 4.72 Å². The molecule has 3 rings (SSSR count). The van der Waals surface area contributed by atoms with Crippen molar-refractivity contribution in [3.63, 3.8) is 0 Å². The second-order valence-corrected chi connectivity index (χ2v) is 6.52. The zero-order valence-corrected chi connectivity index (χ0v) is 14.4. The molecular weight excluding hydrogens is 372 g/mol. The van der Waals surface area contributed by atoms with Gasteiger partial charge < -0.3 is 14.4 Å². The van der Waals surface area contributed by atoms with Crippen LogP contribution in [0.1, 0.15) is 11.1 Å². The third-order valence-corrected chi connectivity index (χ3v) is 4.68. The Kier molecular flexibility index (Phi) is 4.99. The van der Waals surface area contributed by atoms with Crippen molar-refractivity contribution in [3.05, 3.63) is 53.3 Å². The Hall–Kier alpha value is -2.42. The number of ether oxygens (including phenoxy) is 1. The second kappa shape index (κ2) is 7.06. The molecule has 0 saturated carbocycles. The number of nitrogens with one attached hydrogen (secondary N) is 1. The fourth-order valence-electron chi connectivity index (χ4n) is 2.62. The van der Waals surface area contributed by atoms with Gasteiger partial charge in [0.05, 0.1) is 12.8 Å². The number of hydrogen-bond acceptors (Lipinski definition) is 4. The number of halogens is 4. The molecular formula is C17H14F4N2O2S. The van der Waals surface area contributed by atoms with Crippen LogP contribution in [-0.4, -0.2) is 24.1 Å². The van der Waals surface area contributed by atoms with Gasteiger partial charge in [-0.05, 0) is 47.3 Å². The fraction of sp³-hybridized carbons (Fsp3) is 0.235. The maximum Gasteiger partial charge on any atom is 0.471 e. The molecule has 1 N–H and O–H groups in total. The van der Waals surface area contributed by atoms with Crippen molar-refractivity contribution < 1.29 is 27.1 Å². The van der Waals surface area contributed by atoms with E-state index in [9.17, 15) is 22.4 Å². The van der Waals surface area contributed by atoms with Crippen LogP contribution in [0.25, 0.3) is 0 Å². The third kappa shape index (κ3) is 3.87. The summed E-state index contributed by atoms with van der Waals surface area (Å²) < 4.78 is 59.0. The Bertz CT molecular complexity index is 842. The smallest absolute Gasteiger partial charge is 0.471 e. The molecule has 0 saturated heterocycles. The maximum atomic E-state index is 13.2. The van der Waals surface area contributed by atoms with Gasteiger partial charge in [-0.25, -0.2) is 4.39 Å². The first-order chi connectivity index (χ1) is 12.3. The monoisotopic (exact) mass is 386 g/mol. The molecule has 0 bridgehead atoms. The molecule has 2 aromatic rings. The van der Waals surface area contributed by atoms with Crippen LogP contribution >= 0.6 is 11.9 Å². The third-order valence-electron chi connectivity index (χ3n) is 3.87. The summed E-state index contributed by atoms with van der Waals surface area (Å²) in [5.74, 6) is -1.93. The summed E-state index contributed by atoms with van der Waals surface area (Å²) in [6.07, 6.45) is -4.87. The number of carbonyl (C=O) groups excluding carboxylic acids is 1. The summed E-state index contributed by atoms with van der Waals surface area (Å²) in [7, 11) is 1.42. The van der Waals surface area contributed by atoms with Crippen molar-refractivity contribution >= 4 is 23.5 Å². The molecule has 0 aromatic heterocycles. The lowest BCUT2D eigenvalue weighted by Crippen LogP contribution is -2.37. The number of carbonyl (C=O) groups is 1. The Morgan fingerprint density at radius 2 is 1.88 bits per heavy atom. The molecule has 0 spiro atoms. The SMILES string of the molecule is COc1cc(F)ccc1NSc1ccc2c(c1)CN(C(=O)C(F)(F)F)C2. The Morgan fingerprint density at radius 1 is 1.15 bits per heavy atom. The molecule has 0 atom stereocenters. The first kappa shape index (κ1) is 18.4. The average Bonchev–Trinajstić information content (AvgIpc) is 3.02. The van der Waals surface area contributed by atoms with Gasteiger partial charge in [-0.3, -0.25) is 4.79 Å². The highest BCUT2D eigenvalue weighted by Gasteiger charge is 2.43. The van der Waals surface area contributed by atoms with E-state index in [0.29, 0.717) is 22.6 Å². The standard InChI is InChI=1S/C17H14F4N2O2S/c1-25-15-7-12(18)3-5-14(15)22-26-13-4-2-10-8-23(9-11(10)6-13)16(24)17(19,20)21/h2-7,22H,8-9H2,1H3. The van der Waals surface area contributed by atoms with E-state index in [0.717, 1.165) is 9.80 Å². The molecule has 2 aromatic carbocycles. The van der Waals surface area contributed by atoms with Crippen molar-refractivity contribution in [2.24, 2.45) is 0 Å². The highest BCUT2D eigenvalue weighted by atomic mass is 32.2. The van der Waals surface area contributed by atoms with Crippen molar-refractivity contribution in [1.29, 1.82) is 0 Å². The molecule has 1 amide bonds. The van der Waals surface area contributed by atoms with Crippen LogP contribution < -0.4 is 9.46 Å². The number of nitrogens with zero attached hydrogens (tertiary/aromatic N) is 1. The van der Waals surface area contributed by atoms with Crippen LogP contribution in [0.4, 0.5) is 23.2 Å². The van der Waals surface area contributed by atoms with Gasteiger partial charge in [0.25, 0.3) is 0 Å². The topological polar surface area (TPSA) is 41.6 Å². The van der Waals surface area contributed by atoms with Crippen LogP contribution in [0.3, 0.4) is 0 Å². The zero-order valence-electron chi connectivity index (χ0n) is 13.6. The predicted octanol–water partition coefficient (Wildman–Crippen LogP) is 4.36. The first-order valence-electron chi connectivity index (χ1n) is 7.52. The number of benzene rings is 2. The van der Waals surface area contributed by atoms with Gasteiger partial charge in [0.2, 0.25) is 0 Å². The predicted molar refractivity (Wildman–Crippen MR) is 89.2 cm³/mol. The number of rotatable bonds is 4. The van der Waals surface area contributed by atoms with Crippen LogP contribution in [-0.2, 0) is 17.9 Å². The van der Waals surface area contributed by atoms with Gasteiger partial charge in [-0.2, -0.15) is 13.2 Å². The highest BCUT2D eigenvalue weighted by molar-refractivity contribution is 8.00. The number of alkyl halides is 3. The molecule has 0 unspecified atom stereocenters. The summed E-state index contributed by atoms with van der Waals surface area (Å²) in [4.78, 5) is 12.9. The molecule has 9 heteroatoms. The molecule has 0 fully saturated rings. The van der Waals surface area contributed by atoms with E-state index in [4.69, 9.17) is 4.74 Å². The average molecular weight is 386 g/mol. The molecule has 138 valence electrons. The normalized spacial score (nSPS) is 13.5. The first-order valence-corrected chi connectivity index (χ1v) is 8.34. The molecule has 1 heterocycles. The molecule has 1 aliphatic heterocycles. The van der Waals surface area contributed by atoms with Gasteiger partial charge in [0.1, 0.15) is 11.6 Å². The van der Waals surface area contributed by atoms with Gasteiger partial charge in [0, 0.05) is 24.1 Å². The van der Waals surface area contributed by atoms with Crippen LogP contribution in [0.2, 0.25) is 0 Å². The van der Waals surface area contributed by atoms with Crippen molar-refractivity contribution in [2.45, 2.75) is 24.2 Å². The molecule has 0 aliphatic carbocycles. The van der Waals surface area contributed by atoms with E-state index in [1.54, 1.807) is 18.2 Å². The van der Waals surface area contributed by atoms with E-state index in [1.165, 1.54) is 37.3 Å². The lowest BCUT2D eigenvalue weighted by molar-refractivity contribution is -0.186. The van der Waals surface area contributed by atoms with Crippen molar-refractivity contribution in [2.75, 3.05) is 11.8 Å². The summed E-state index contributed by atoms with van der Waals surface area (Å²) in [5, 5.41) is 0. The van der Waals surface area contributed by atoms with Crippen LogP contribution in [0.5, 0.6) is 5.75 Å². The summed E-state index contributed by atoms with van der Waals surface area (Å²) >= 11 is 1.21. The Labute approximate surface area is 151 Å². The van der Waals surface area contributed by atoms with Crippen LogP contribution in [0.15, 0.2) is 41.3 Å². The van der Waals surface area contributed by atoms with Crippen LogP contribution in [0, 0.1) is 5.82 Å². The summed E-state index contributed by atoms with van der Waals surface area (Å²) in [6.45, 7) is -0.139. The quantitative estimate of drug-likeness (QED) is 0.626. The Balaban J connectivity index is 1.69. The van der Waals surface area contributed by atoms with E-state index in [-0.39, 0.29) is 13.1 Å². The minimum atomic E-state index is -4.87. The minimum Gasteiger partial charge on any atom is -0.494 e. The van der Waals surface area contributed by atoms with Gasteiger partial charge in [-0.1, -0.05) is 6.07 Å². The van der Waals surface area contributed by atoms with Crippen molar-refractivity contribution in [1.82, 2.24) is 4.90 Å². The van der Waals surface area contributed by atoms with E-state index in [1.807, 2.05) is 0 Å². The Morgan fingerprint density at radius 3 is 2.58 bits per heavy atom. The second-order valence-electron chi connectivity index (χ2n) is 5.64. The molecule has 4 nitrogen and oxygen atoms in total. The number of hydrogen-bond donors (Lipinski definition) is 1. The van der Waals surface area contributed by atoms with E-state index >= 15 is 0 Å². The van der Waals surface area contributed by atoms with Gasteiger partial charge in [-0.15, -0.1) is 0 Å². The molecule has 1 aliphatic rings. The van der Waals surface area contributed by atoms with Crippen molar-refractivity contribution in [3.8, 4) is 5.75 Å². The maximum absolute atomic E-state index is 13.2. The number of fused-ring (bicyclic) bond motifs is 1. The number of methoxy groups -OCH3 is 1. The fourth-order valence-corrected chi connectivity index (χ4v) is 3.35. The minimum absolute atomic E-state index is 0.0577. The summed E-state index contributed by atoms with van der Waals surface area (Å²) in [6, 6.07) is 9.23. The molecule has 0 radical (unpaired) electrons. The lowest BCUT2D eigenvalue weighted by atomic mass is 10.1. The number of anilines is 1. The molecule has 26 heavy (non-hydrogen) atoms. The zero-order chi connectivity index (χ0) is 18.9. The summed E-state index contributed by atoms with van der Waals surface area (Å²) in [5.41, 5.74) is 1.92. The largest absolute Gasteiger partial charge is 0.494 e. The lowest BCUT2D eigenvalue weighted by Gasteiger charge is -2.16. The highest BCUT2D eigenvalue weighted by Crippen LogP contribution is 2.33. The van der Waals surface area contributed by atoms with Gasteiger partial charge in [0.15, 0.2) is 0 Å². The number of amides is 1. The van der Waals surface area contributed by atoms with E-state index < -0.39 is 17.9 Å².